The molecule has 0 fully saturated rings. The molecule has 0 saturated carbocycles. The summed E-state index contributed by atoms with van der Waals surface area (Å²) >= 11 is 0. The molecule has 1 aromatic rings. The maximum absolute atomic E-state index is 12.1. The minimum absolute atomic E-state index is 0.0682. The lowest BCUT2D eigenvalue weighted by Gasteiger charge is -2.21. The van der Waals surface area contributed by atoms with Gasteiger partial charge in [0.1, 0.15) is 5.75 Å². The maximum atomic E-state index is 12.1. The molecule has 5 nitrogen and oxygen atoms in total. The number of carbonyl (C=O) groups is 2. The highest BCUT2D eigenvalue weighted by molar-refractivity contribution is 5.76. The monoisotopic (exact) mass is 293 g/mol. The van der Waals surface area contributed by atoms with Gasteiger partial charge in [0.05, 0.1) is 7.11 Å². The summed E-state index contributed by atoms with van der Waals surface area (Å²) in [7, 11) is 1.62. The molecule has 0 bridgehead atoms. The second-order valence-corrected chi connectivity index (χ2v) is 4.86. The summed E-state index contributed by atoms with van der Waals surface area (Å²) in [6, 6.07) is 7.64. The van der Waals surface area contributed by atoms with E-state index in [1.165, 1.54) is 0 Å². The molecule has 0 aliphatic rings. The van der Waals surface area contributed by atoms with Crippen molar-refractivity contribution < 1.29 is 19.4 Å². The van der Waals surface area contributed by atoms with Crippen LogP contribution in [0.5, 0.6) is 5.75 Å². The van der Waals surface area contributed by atoms with Crippen LogP contribution in [0.25, 0.3) is 0 Å². The molecule has 0 spiro atoms. The number of nitrogens with zero attached hydrogens (tertiary/aromatic N) is 1. The minimum Gasteiger partial charge on any atom is -0.497 e. The van der Waals surface area contributed by atoms with Crippen LogP contribution in [0.15, 0.2) is 24.3 Å². The normalized spacial score (nSPS) is 10.2. The largest absolute Gasteiger partial charge is 0.497 e. The molecule has 0 aromatic heterocycles. The van der Waals surface area contributed by atoms with Crippen LogP contribution >= 0.6 is 0 Å². The average Bonchev–Trinajstić information content (AvgIpc) is 2.49. The first-order valence-electron chi connectivity index (χ1n) is 7.19. The Hall–Kier alpha value is -2.04. The van der Waals surface area contributed by atoms with E-state index < -0.39 is 5.97 Å². The SMILES string of the molecule is CCN(Cc1ccc(OC)cc1)C(=O)CCCCC(=O)O. The first kappa shape index (κ1) is 17.0. The van der Waals surface area contributed by atoms with E-state index in [1.807, 2.05) is 31.2 Å². The Morgan fingerprint density at radius 2 is 1.76 bits per heavy atom. The highest BCUT2D eigenvalue weighted by Crippen LogP contribution is 2.14. The Kier molecular flexibility index (Phi) is 7.29. The van der Waals surface area contributed by atoms with Crippen molar-refractivity contribution in [2.75, 3.05) is 13.7 Å². The second kappa shape index (κ2) is 9.00. The first-order valence-corrected chi connectivity index (χ1v) is 7.19. The van der Waals surface area contributed by atoms with Crippen molar-refractivity contribution in [3.63, 3.8) is 0 Å². The van der Waals surface area contributed by atoms with Gasteiger partial charge in [0.2, 0.25) is 5.91 Å². The van der Waals surface area contributed by atoms with Crippen LogP contribution in [0.4, 0.5) is 0 Å². The van der Waals surface area contributed by atoms with E-state index in [1.54, 1.807) is 12.0 Å². The van der Waals surface area contributed by atoms with Gasteiger partial charge in [-0.15, -0.1) is 0 Å². The fourth-order valence-corrected chi connectivity index (χ4v) is 2.04. The molecular weight excluding hydrogens is 270 g/mol. The molecule has 0 aliphatic heterocycles. The van der Waals surface area contributed by atoms with E-state index >= 15 is 0 Å². The van der Waals surface area contributed by atoms with Crippen molar-refractivity contribution >= 4 is 11.9 Å². The number of hydrogen-bond donors (Lipinski definition) is 1. The van der Waals surface area contributed by atoms with E-state index in [4.69, 9.17) is 9.84 Å². The van der Waals surface area contributed by atoms with Crippen LogP contribution in [0.1, 0.15) is 38.2 Å². The molecule has 0 saturated heterocycles. The molecule has 0 radical (unpaired) electrons. The summed E-state index contributed by atoms with van der Waals surface area (Å²) in [4.78, 5) is 24.3. The number of carboxylic acid groups (broad SMARTS) is 1. The molecule has 116 valence electrons. The van der Waals surface area contributed by atoms with Gasteiger partial charge in [-0.2, -0.15) is 0 Å². The zero-order valence-corrected chi connectivity index (χ0v) is 12.7. The van der Waals surface area contributed by atoms with Gasteiger partial charge in [-0.3, -0.25) is 9.59 Å². The number of hydrogen-bond acceptors (Lipinski definition) is 3. The standard InChI is InChI=1S/C16H23NO4/c1-3-17(15(18)6-4-5-7-16(19)20)12-13-8-10-14(21-2)11-9-13/h8-11H,3-7,12H2,1-2H3,(H,19,20). The molecule has 0 aliphatic carbocycles. The Balaban J connectivity index is 2.45. The molecular formula is C16H23NO4. The third kappa shape index (κ3) is 6.29. The number of carbonyl (C=O) groups excluding carboxylic acids is 1. The average molecular weight is 293 g/mol. The van der Waals surface area contributed by atoms with Crippen molar-refractivity contribution in [1.29, 1.82) is 0 Å². The topological polar surface area (TPSA) is 66.8 Å². The lowest BCUT2D eigenvalue weighted by molar-refractivity contribution is -0.137. The molecule has 21 heavy (non-hydrogen) atoms. The van der Waals surface area contributed by atoms with Crippen molar-refractivity contribution in [2.45, 2.75) is 39.2 Å². The van der Waals surface area contributed by atoms with Crippen LogP contribution in [-0.2, 0) is 16.1 Å². The number of aliphatic carboxylic acids is 1. The van der Waals surface area contributed by atoms with Gasteiger partial charge >= 0.3 is 5.97 Å². The number of benzene rings is 1. The number of amides is 1. The molecule has 1 amide bonds. The lowest BCUT2D eigenvalue weighted by atomic mass is 10.1. The smallest absolute Gasteiger partial charge is 0.303 e. The molecule has 0 heterocycles. The van der Waals surface area contributed by atoms with Crippen LogP contribution < -0.4 is 4.74 Å². The zero-order chi connectivity index (χ0) is 15.7. The van der Waals surface area contributed by atoms with Gasteiger partial charge in [-0.05, 0) is 37.5 Å². The van der Waals surface area contributed by atoms with Gasteiger partial charge < -0.3 is 14.7 Å². The van der Waals surface area contributed by atoms with Gasteiger partial charge in [-0.1, -0.05) is 12.1 Å². The maximum Gasteiger partial charge on any atom is 0.303 e. The summed E-state index contributed by atoms with van der Waals surface area (Å²) in [6.45, 7) is 3.15. The van der Waals surface area contributed by atoms with E-state index in [0.717, 1.165) is 11.3 Å². The fraction of sp³-hybridized carbons (Fsp3) is 0.500. The van der Waals surface area contributed by atoms with Crippen LogP contribution in [-0.4, -0.2) is 35.5 Å². The van der Waals surface area contributed by atoms with Crippen molar-refractivity contribution in [1.82, 2.24) is 4.90 Å². The Labute approximate surface area is 125 Å². The second-order valence-electron chi connectivity index (χ2n) is 4.86. The number of rotatable bonds is 9. The van der Waals surface area contributed by atoms with Crippen molar-refractivity contribution in [2.24, 2.45) is 0 Å². The number of methoxy groups -OCH3 is 1. The molecule has 1 rings (SSSR count). The summed E-state index contributed by atoms with van der Waals surface area (Å²) < 4.78 is 5.10. The molecule has 0 atom stereocenters. The van der Waals surface area contributed by atoms with E-state index in [-0.39, 0.29) is 12.3 Å². The quantitative estimate of drug-likeness (QED) is 0.711. The van der Waals surface area contributed by atoms with E-state index in [2.05, 4.69) is 0 Å². The summed E-state index contributed by atoms with van der Waals surface area (Å²) in [5.74, 6) is 0.0496. The number of carboxylic acids is 1. The van der Waals surface area contributed by atoms with E-state index in [0.29, 0.717) is 32.4 Å². The predicted octanol–water partition coefficient (Wildman–Crippen LogP) is 2.69. The summed E-state index contributed by atoms with van der Waals surface area (Å²) in [5, 5.41) is 8.57. The minimum atomic E-state index is -0.812. The summed E-state index contributed by atoms with van der Waals surface area (Å²) in [5.41, 5.74) is 1.05. The molecule has 1 N–H and O–H groups in total. The van der Waals surface area contributed by atoms with Gasteiger partial charge in [0, 0.05) is 25.9 Å². The first-order chi connectivity index (χ1) is 10.1. The Bertz CT molecular complexity index is 456. The number of unbranched alkanes of at least 4 members (excludes halogenated alkanes) is 1. The van der Waals surface area contributed by atoms with Gasteiger partial charge in [0.15, 0.2) is 0 Å². The fourth-order valence-electron chi connectivity index (χ4n) is 2.04. The summed E-state index contributed by atoms with van der Waals surface area (Å²) in [6.07, 6.45) is 1.68. The van der Waals surface area contributed by atoms with Crippen LogP contribution in [0.2, 0.25) is 0 Å². The Morgan fingerprint density at radius 1 is 1.14 bits per heavy atom. The zero-order valence-electron chi connectivity index (χ0n) is 12.7. The lowest BCUT2D eigenvalue weighted by Crippen LogP contribution is -2.30. The van der Waals surface area contributed by atoms with E-state index in [9.17, 15) is 9.59 Å². The third-order valence-corrected chi connectivity index (χ3v) is 3.30. The number of ether oxygens (including phenoxy) is 1. The van der Waals surface area contributed by atoms with Crippen molar-refractivity contribution in [3.8, 4) is 5.75 Å². The van der Waals surface area contributed by atoms with Gasteiger partial charge in [-0.25, -0.2) is 0 Å². The predicted molar refractivity (Wildman–Crippen MR) is 80.2 cm³/mol. The molecule has 5 heteroatoms. The van der Waals surface area contributed by atoms with Crippen LogP contribution in [0, 0.1) is 0 Å². The van der Waals surface area contributed by atoms with Crippen LogP contribution in [0.3, 0.4) is 0 Å². The molecule has 0 unspecified atom stereocenters. The van der Waals surface area contributed by atoms with Crippen molar-refractivity contribution in [3.05, 3.63) is 29.8 Å². The molecule has 1 aromatic carbocycles. The highest BCUT2D eigenvalue weighted by Gasteiger charge is 2.12. The Morgan fingerprint density at radius 3 is 2.29 bits per heavy atom. The highest BCUT2D eigenvalue weighted by atomic mass is 16.5. The third-order valence-electron chi connectivity index (χ3n) is 3.30. The van der Waals surface area contributed by atoms with Gasteiger partial charge in [0.25, 0.3) is 0 Å².